The fourth-order valence-electron chi connectivity index (χ4n) is 2.29. The predicted octanol–water partition coefficient (Wildman–Crippen LogP) is 4.54. The maximum absolute atomic E-state index is 6.06. The van der Waals surface area contributed by atoms with E-state index in [0.29, 0.717) is 5.88 Å². The van der Waals surface area contributed by atoms with E-state index in [1.807, 2.05) is 10.6 Å². The Hall–Kier alpha value is -1.39. The number of imidazole rings is 1. The Kier molecular flexibility index (Phi) is 3.52. The van der Waals surface area contributed by atoms with Gasteiger partial charge < -0.3 is 0 Å². The molecule has 3 aromatic rings. The Labute approximate surface area is 130 Å². The van der Waals surface area contributed by atoms with Crippen molar-refractivity contribution in [2.45, 2.75) is 19.7 Å². The molecule has 0 fully saturated rings. The van der Waals surface area contributed by atoms with Gasteiger partial charge in [0.1, 0.15) is 11.3 Å². The Morgan fingerprint density at radius 1 is 1.25 bits per heavy atom. The number of aryl methyl sites for hydroxylation is 2. The molecule has 2 aromatic heterocycles. The molecule has 0 aliphatic rings. The number of benzene rings is 1. The fourth-order valence-corrected chi connectivity index (χ4v) is 2.79. The molecule has 0 bridgehead atoms. The average molecular weight is 351 g/mol. The highest BCUT2D eigenvalue weighted by Gasteiger charge is 2.14. The Bertz CT molecular complexity index is 795. The number of alkyl halides is 1. The average Bonchev–Trinajstić information content (AvgIpc) is 2.78. The summed E-state index contributed by atoms with van der Waals surface area (Å²) in [4.78, 5) is 9.07. The largest absolute Gasteiger partial charge is 0.279 e. The van der Waals surface area contributed by atoms with E-state index in [0.717, 1.165) is 27.1 Å². The molecule has 0 radical (unpaired) electrons. The smallest absolute Gasteiger partial charge is 0.164 e. The monoisotopic (exact) mass is 349 g/mol. The molecule has 0 aliphatic carbocycles. The molecule has 0 aliphatic heterocycles. The maximum Gasteiger partial charge on any atom is 0.164 e. The molecule has 0 spiro atoms. The molecule has 20 heavy (non-hydrogen) atoms. The number of aromatic nitrogens is 3. The van der Waals surface area contributed by atoms with Crippen LogP contribution in [0.5, 0.6) is 0 Å². The Morgan fingerprint density at radius 2 is 2.05 bits per heavy atom. The third kappa shape index (κ3) is 2.23. The van der Waals surface area contributed by atoms with E-state index in [2.05, 4.69) is 57.9 Å². The van der Waals surface area contributed by atoms with Crippen molar-refractivity contribution in [2.24, 2.45) is 0 Å². The first kappa shape index (κ1) is 13.6. The zero-order chi connectivity index (χ0) is 14.3. The van der Waals surface area contributed by atoms with Crippen molar-refractivity contribution < 1.29 is 0 Å². The SMILES string of the molecule is Cc1ccc(C)c(-n2c(CCl)nc3cc(Br)cnc32)c1. The summed E-state index contributed by atoms with van der Waals surface area (Å²) in [6.07, 6.45) is 1.78. The lowest BCUT2D eigenvalue weighted by Crippen LogP contribution is -2.02. The van der Waals surface area contributed by atoms with Crippen LogP contribution in [0.3, 0.4) is 0 Å². The summed E-state index contributed by atoms with van der Waals surface area (Å²) in [5.74, 6) is 1.16. The topological polar surface area (TPSA) is 30.7 Å². The molecule has 3 nitrogen and oxygen atoms in total. The van der Waals surface area contributed by atoms with Gasteiger partial charge in [-0.25, -0.2) is 9.97 Å². The van der Waals surface area contributed by atoms with Gasteiger partial charge in [-0.3, -0.25) is 4.57 Å². The second kappa shape index (κ2) is 5.19. The van der Waals surface area contributed by atoms with Gasteiger partial charge in [-0.2, -0.15) is 0 Å². The van der Waals surface area contributed by atoms with Crippen LogP contribution in [0.25, 0.3) is 16.9 Å². The van der Waals surface area contributed by atoms with Gasteiger partial charge in [0.15, 0.2) is 5.65 Å². The van der Waals surface area contributed by atoms with Crippen molar-refractivity contribution in [2.75, 3.05) is 0 Å². The predicted molar refractivity (Wildman–Crippen MR) is 85.6 cm³/mol. The zero-order valence-electron chi connectivity index (χ0n) is 11.2. The fraction of sp³-hybridized carbons (Fsp3) is 0.200. The molecule has 0 N–H and O–H groups in total. The lowest BCUT2D eigenvalue weighted by Gasteiger charge is -2.11. The molecule has 0 amide bonds. The van der Waals surface area contributed by atoms with E-state index < -0.39 is 0 Å². The second-order valence-electron chi connectivity index (χ2n) is 4.78. The first-order valence-electron chi connectivity index (χ1n) is 6.26. The number of rotatable bonds is 2. The number of halogens is 2. The van der Waals surface area contributed by atoms with Gasteiger partial charge in [-0.15, -0.1) is 11.6 Å². The molecule has 2 heterocycles. The van der Waals surface area contributed by atoms with Gasteiger partial charge in [-0.1, -0.05) is 12.1 Å². The summed E-state index contributed by atoms with van der Waals surface area (Å²) in [7, 11) is 0. The van der Waals surface area contributed by atoms with Crippen molar-refractivity contribution in [3.05, 3.63) is 51.9 Å². The van der Waals surface area contributed by atoms with Crippen LogP contribution in [-0.2, 0) is 5.88 Å². The van der Waals surface area contributed by atoms with Crippen molar-refractivity contribution in [1.82, 2.24) is 14.5 Å². The van der Waals surface area contributed by atoms with Crippen LogP contribution in [0.1, 0.15) is 17.0 Å². The first-order chi connectivity index (χ1) is 9.60. The molecule has 1 aromatic carbocycles. The van der Waals surface area contributed by atoms with Crippen LogP contribution < -0.4 is 0 Å². The van der Waals surface area contributed by atoms with Crippen molar-refractivity contribution in [3.63, 3.8) is 0 Å². The van der Waals surface area contributed by atoms with Crippen LogP contribution >= 0.6 is 27.5 Å². The molecular formula is C15H13BrClN3. The van der Waals surface area contributed by atoms with E-state index in [4.69, 9.17) is 11.6 Å². The van der Waals surface area contributed by atoms with Crippen LogP contribution in [0, 0.1) is 13.8 Å². The van der Waals surface area contributed by atoms with Crippen molar-refractivity contribution in [1.29, 1.82) is 0 Å². The van der Waals surface area contributed by atoms with Gasteiger partial charge in [-0.05, 0) is 53.0 Å². The third-order valence-electron chi connectivity index (χ3n) is 3.26. The molecule has 0 saturated heterocycles. The van der Waals surface area contributed by atoms with Crippen LogP contribution in [0.2, 0.25) is 0 Å². The molecule has 3 rings (SSSR count). The van der Waals surface area contributed by atoms with Gasteiger partial charge in [0.25, 0.3) is 0 Å². The highest BCUT2D eigenvalue weighted by molar-refractivity contribution is 9.10. The lowest BCUT2D eigenvalue weighted by atomic mass is 10.1. The highest BCUT2D eigenvalue weighted by Crippen LogP contribution is 2.25. The van der Waals surface area contributed by atoms with Crippen LogP contribution in [-0.4, -0.2) is 14.5 Å². The summed E-state index contributed by atoms with van der Waals surface area (Å²) >= 11 is 9.49. The highest BCUT2D eigenvalue weighted by atomic mass is 79.9. The zero-order valence-corrected chi connectivity index (χ0v) is 13.5. The molecule has 5 heteroatoms. The Morgan fingerprint density at radius 3 is 2.80 bits per heavy atom. The number of hydrogen-bond donors (Lipinski definition) is 0. The summed E-state index contributed by atoms with van der Waals surface area (Å²) < 4.78 is 2.95. The standard InChI is InChI=1S/C15H13BrClN3/c1-9-3-4-10(2)13(5-9)20-14(7-17)19-12-6-11(16)8-18-15(12)20/h3-6,8H,7H2,1-2H3. The maximum atomic E-state index is 6.06. The number of pyridine rings is 1. The summed E-state index contributed by atoms with van der Waals surface area (Å²) in [6, 6.07) is 8.30. The van der Waals surface area contributed by atoms with Crippen molar-refractivity contribution in [3.8, 4) is 5.69 Å². The first-order valence-corrected chi connectivity index (χ1v) is 7.59. The van der Waals surface area contributed by atoms with E-state index in [9.17, 15) is 0 Å². The number of hydrogen-bond acceptors (Lipinski definition) is 2. The van der Waals surface area contributed by atoms with E-state index >= 15 is 0 Å². The minimum absolute atomic E-state index is 0.349. The van der Waals surface area contributed by atoms with Gasteiger partial charge >= 0.3 is 0 Å². The number of fused-ring (bicyclic) bond motifs is 1. The number of nitrogens with zero attached hydrogens (tertiary/aromatic N) is 3. The molecular weight excluding hydrogens is 338 g/mol. The summed E-state index contributed by atoms with van der Waals surface area (Å²) in [6.45, 7) is 4.16. The van der Waals surface area contributed by atoms with Crippen LogP contribution in [0.15, 0.2) is 34.9 Å². The summed E-state index contributed by atoms with van der Waals surface area (Å²) in [5.41, 5.74) is 5.13. The second-order valence-corrected chi connectivity index (χ2v) is 5.97. The normalized spacial score (nSPS) is 11.2. The Balaban J connectivity index is 2.37. The quantitative estimate of drug-likeness (QED) is 0.635. The molecule has 102 valence electrons. The van der Waals surface area contributed by atoms with E-state index in [1.54, 1.807) is 6.20 Å². The third-order valence-corrected chi connectivity index (χ3v) is 3.93. The van der Waals surface area contributed by atoms with Crippen LogP contribution in [0.4, 0.5) is 0 Å². The molecule has 0 saturated carbocycles. The minimum Gasteiger partial charge on any atom is -0.279 e. The van der Waals surface area contributed by atoms with E-state index in [-0.39, 0.29) is 0 Å². The van der Waals surface area contributed by atoms with E-state index in [1.165, 1.54) is 11.1 Å². The van der Waals surface area contributed by atoms with Gasteiger partial charge in [0.2, 0.25) is 0 Å². The van der Waals surface area contributed by atoms with Gasteiger partial charge in [0.05, 0.1) is 11.6 Å². The molecule has 0 unspecified atom stereocenters. The minimum atomic E-state index is 0.349. The summed E-state index contributed by atoms with van der Waals surface area (Å²) in [5, 5.41) is 0. The lowest BCUT2D eigenvalue weighted by molar-refractivity contribution is 0.958. The van der Waals surface area contributed by atoms with Gasteiger partial charge in [0, 0.05) is 10.7 Å². The molecule has 0 atom stereocenters. The van der Waals surface area contributed by atoms with Crippen molar-refractivity contribution >= 4 is 38.7 Å².